The number of rotatable bonds is 6. The number of fused-ring (bicyclic) bond motifs is 1. The summed E-state index contributed by atoms with van der Waals surface area (Å²) >= 11 is 0. The van der Waals surface area contributed by atoms with E-state index < -0.39 is 6.10 Å². The number of aromatic nitrogens is 1. The van der Waals surface area contributed by atoms with Crippen molar-refractivity contribution in [3.63, 3.8) is 0 Å². The van der Waals surface area contributed by atoms with Gasteiger partial charge in [0.15, 0.2) is 0 Å². The van der Waals surface area contributed by atoms with Crippen LogP contribution in [0.4, 0.5) is 0 Å². The summed E-state index contributed by atoms with van der Waals surface area (Å²) < 4.78 is 5.57. The predicted octanol–water partition coefficient (Wildman–Crippen LogP) is 1.91. The van der Waals surface area contributed by atoms with Crippen molar-refractivity contribution in [3.8, 4) is 5.75 Å². The van der Waals surface area contributed by atoms with Crippen LogP contribution in [0.3, 0.4) is 0 Å². The average molecular weight is 248 g/mol. The molecule has 1 aromatic carbocycles. The molecule has 0 fully saturated rings. The van der Waals surface area contributed by atoms with E-state index in [2.05, 4.69) is 10.3 Å². The zero-order valence-corrected chi connectivity index (χ0v) is 10.8. The Morgan fingerprint density at radius 2 is 2.17 bits per heavy atom. The van der Waals surface area contributed by atoms with Crippen LogP contribution in [0.2, 0.25) is 0 Å². The van der Waals surface area contributed by atoms with Crippen LogP contribution in [-0.4, -0.2) is 35.4 Å². The molecule has 0 radical (unpaired) electrons. The monoisotopic (exact) mass is 248 g/mol. The summed E-state index contributed by atoms with van der Waals surface area (Å²) in [6.45, 7) is 4.94. The Morgan fingerprint density at radius 3 is 2.94 bits per heavy atom. The van der Waals surface area contributed by atoms with Gasteiger partial charge in [-0.15, -0.1) is 0 Å². The molecule has 0 saturated heterocycles. The quantitative estimate of drug-likeness (QED) is 0.732. The Kier molecular flexibility index (Phi) is 4.23. The fourth-order valence-electron chi connectivity index (χ4n) is 1.74. The van der Waals surface area contributed by atoms with Gasteiger partial charge in [-0.3, -0.25) is 0 Å². The number of aliphatic hydroxyl groups is 1. The second-order valence-corrected chi connectivity index (χ2v) is 4.75. The maximum atomic E-state index is 9.74. The van der Waals surface area contributed by atoms with Crippen LogP contribution in [-0.2, 0) is 0 Å². The van der Waals surface area contributed by atoms with Gasteiger partial charge in [0, 0.05) is 29.7 Å². The van der Waals surface area contributed by atoms with Gasteiger partial charge in [0.2, 0.25) is 0 Å². The molecule has 1 heterocycles. The first kappa shape index (κ1) is 12.9. The molecule has 98 valence electrons. The predicted molar refractivity (Wildman–Crippen MR) is 72.9 cm³/mol. The number of aromatic amines is 1. The highest BCUT2D eigenvalue weighted by Gasteiger charge is 2.06. The molecule has 0 spiro atoms. The third-order valence-electron chi connectivity index (χ3n) is 2.73. The molecule has 1 unspecified atom stereocenters. The van der Waals surface area contributed by atoms with E-state index in [1.807, 2.05) is 44.3 Å². The van der Waals surface area contributed by atoms with Gasteiger partial charge in [-0.25, -0.2) is 0 Å². The molecule has 0 amide bonds. The van der Waals surface area contributed by atoms with E-state index in [1.54, 1.807) is 0 Å². The zero-order valence-electron chi connectivity index (χ0n) is 10.8. The number of aliphatic hydroxyl groups excluding tert-OH is 1. The molecule has 2 aromatic rings. The SMILES string of the molecule is CC(C)NCC(O)COc1ccc2[nH]ccc2c1. The van der Waals surface area contributed by atoms with Gasteiger partial charge in [0.1, 0.15) is 18.5 Å². The molecule has 1 aromatic heterocycles. The van der Waals surface area contributed by atoms with E-state index in [4.69, 9.17) is 4.74 Å². The van der Waals surface area contributed by atoms with E-state index in [1.165, 1.54) is 0 Å². The topological polar surface area (TPSA) is 57.3 Å². The average Bonchev–Trinajstić information content (AvgIpc) is 2.81. The third-order valence-corrected chi connectivity index (χ3v) is 2.73. The summed E-state index contributed by atoms with van der Waals surface area (Å²) in [4.78, 5) is 3.13. The van der Waals surface area contributed by atoms with Gasteiger partial charge in [0.25, 0.3) is 0 Å². The van der Waals surface area contributed by atoms with Gasteiger partial charge >= 0.3 is 0 Å². The number of H-pyrrole nitrogens is 1. The van der Waals surface area contributed by atoms with Crippen molar-refractivity contribution in [1.82, 2.24) is 10.3 Å². The van der Waals surface area contributed by atoms with Crippen LogP contribution in [0, 0.1) is 0 Å². The summed E-state index contributed by atoms with van der Waals surface area (Å²) in [6.07, 6.45) is 1.41. The standard InChI is InChI=1S/C14H20N2O2/c1-10(2)16-8-12(17)9-18-13-3-4-14-11(7-13)5-6-15-14/h3-7,10,12,15-17H,8-9H2,1-2H3. The summed E-state index contributed by atoms with van der Waals surface area (Å²) in [6, 6.07) is 8.22. The Morgan fingerprint density at radius 1 is 1.33 bits per heavy atom. The Balaban J connectivity index is 1.85. The Hall–Kier alpha value is -1.52. The molecular weight excluding hydrogens is 228 g/mol. The minimum absolute atomic E-state index is 0.301. The van der Waals surface area contributed by atoms with E-state index in [0.717, 1.165) is 16.7 Å². The van der Waals surface area contributed by atoms with Crippen molar-refractivity contribution < 1.29 is 9.84 Å². The third kappa shape index (κ3) is 3.48. The van der Waals surface area contributed by atoms with Crippen molar-refractivity contribution in [2.45, 2.75) is 26.0 Å². The molecule has 3 N–H and O–H groups in total. The van der Waals surface area contributed by atoms with E-state index in [-0.39, 0.29) is 0 Å². The molecule has 0 saturated carbocycles. The molecule has 1 atom stereocenters. The minimum Gasteiger partial charge on any atom is -0.491 e. The number of benzene rings is 1. The second-order valence-electron chi connectivity index (χ2n) is 4.75. The fraction of sp³-hybridized carbons (Fsp3) is 0.429. The van der Waals surface area contributed by atoms with Crippen LogP contribution >= 0.6 is 0 Å². The van der Waals surface area contributed by atoms with E-state index >= 15 is 0 Å². The molecule has 0 bridgehead atoms. The van der Waals surface area contributed by atoms with Crippen molar-refractivity contribution in [1.29, 1.82) is 0 Å². The molecule has 4 nitrogen and oxygen atoms in total. The van der Waals surface area contributed by atoms with E-state index in [9.17, 15) is 5.11 Å². The molecule has 0 aliphatic heterocycles. The second kappa shape index (κ2) is 5.89. The van der Waals surface area contributed by atoms with Crippen LogP contribution in [0.25, 0.3) is 10.9 Å². The number of hydrogen-bond donors (Lipinski definition) is 3. The van der Waals surface area contributed by atoms with Gasteiger partial charge in [-0.2, -0.15) is 0 Å². The summed E-state index contributed by atoms with van der Waals surface area (Å²) in [5.74, 6) is 0.783. The summed E-state index contributed by atoms with van der Waals surface area (Å²) in [5, 5.41) is 14.0. The first-order valence-corrected chi connectivity index (χ1v) is 6.26. The normalized spacial score (nSPS) is 13.1. The Labute approximate surface area is 107 Å². The van der Waals surface area contributed by atoms with Gasteiger partial charge < -0.3 is 20.1 Å². The van der Waals surface area contributed by atoms with Crippen LogP contribution in [0.5, 0.6) is 5.75 Å². The molecule has 0 aliphatic rings. The zero-order chi connectivity index (χ0) is 13.0. The first-order valence-electron chi connectivity index (χ1n) is 6.26. The molecule has 18 heavy (non-hydrogen) atoms. The van der Waals surface area contributed by atoms with Crippen molar-refractivity contribution in [2.24, 2.45) is 0 Å². The van der Waals surface area contributed by atoms with Gasteiger partial charge in [-0.1, -0.05) is 13.8 Å². The fourth-order valence-corrected chi connectivity index (χ4v) is 1.74. The first-order chi connectivity index (χ1) is 8.65. The lowest BCUT2D eigenvalue weighted by molar-refractivity contribution is 0.105. The highest BCUT2D eigenvalue weighted by atomic mass is 16.5. The van der Waals surface area contributed by atoms with Crippen LogP contribution in [0.1, 0.15) is 13.8 Å². The lowest BCUT2D eigenvalue weighted by Crippen LogP contribution is -2.35. The maximum absolute atomic E-state index is 9.74. The van der Waals surface area contributed by atoms with Crippen molar-refractivity contribution in [2.75, 3.05) is 13.2 Å². The maximum Gasteiger partial charge on any atom is 0.120 e. The molecule has 0 aliphatic carbocycles. The van der Waals surface area contributed by atoms with Crippen molar-refractivity contribution >= 4 is 10.9 Å². The lowest BCUT2D eigenvalue weighted by Gasteiger charge is -2.15. The lowest BCUT2D eigenvalue weighted by atomic mass is 10.2. The van der Waals surface area contributed by atoms with Gasteiger partial charge in [-0.05, 0) is 24.3 Å². The largest absolute Gasteiger partial charge is 0.491 e. The number of hydrogen-bond acceptors (Lipinski definition) is 3. The minimum atomic E-state index is -0.491. The molecular formula is C14H20N2O2. The molecule has 4 heteroatoms. The summed E-state index contributed by atoms with van der Waals surface area (Å²) in [7, 11) is 0. The smallest absolute Gasteiger partial charge is 0.120 e. The molecule has 2 rings (SSSR count). The number of nitrogens with one attached hydrogen (secondary N) is 2. The van der Waals surface area contributed by atoms with Crippen LogP contribution < -0.4 is 10.1 Å². The van der Waals surface area contributed by atoms with Crippen LogP contribution in [0.15, 0.2) is 30.5 Å². The van der Waals surface area contributed by atoms with Gasteiger partial charge in [0.05, 0.1) is 0 Å². The van der Waals surface area contributed by atoms with Crippen molar-refractivity contribution in [3.05, 3.63) is 30.5 Å². The highest BCUT2D eigenvalue weighted by Crippen LogP contribution is 2.19. The Bertz CT molecular complexity index is 493. The number of ether oxygens (including phenoxy) is 1. The highest BCUT2D eigenvalue weighted by molar-refractivity contribution is 5.80. The summed E-state index contributed by atoms with van der Waals surface area (Å²) in [5.41, 5.74) is 1.09. The van der Waals surface area contributed by atoms with E-state index in [0.29, 0.717) is 19.2 Å².